The van der Waals surface area contributed by atoms with Crippen LogP contribution in [0, 0.1) is 17.7 Å². The number of halogens is 2. The zero-order valence-corrected chi connectivity index (χ0v) is 16.9. The normalized spacial score (nSPS) is 16.6. The second kappa shape index (κ2) is 7.54. The number of ketones is 2. The number of nitrogens with one attached hydrogen (secondary N) is 1. The fraction of sp³-hybridized carbons (Fsp3) is 0.450. The van der Waals surface area contributed by atoms with Crippen LogP contribution in [0.4, 0.5) is 4.39 Å². The molecule has 1 atom stereocenters. The predicted molar refractivity (Wildman–Crippen MR) is 104 cm³/mol. The molecule has 0 radical (unpaired) electrons. The highest BCUT2D eigenvalue weighted by molar-refractivity contribution is 9.10. The van der Waals surface area contributed by atoms with Crippen molar-refractivity contribution in [2.75, 3.05) is 0 Å². The summed E-state index contributed by atoms with van der Waals surface area (Å²) in [5.41, 5.74) is 7.78. The molecule has 0 bridgehead atoms. The van der Waals surface area contributed by atoms with E-state index in [0.29, 0.717) is 47.5 Å². The number of hydrogen-bond donors (Lipinski definition) is 2. The molecule has 27 heavy (non-hydrogen) atoms. The Morgan fingerprint density at radius 2 is 1.93 bits per heavy atom. The average molecular weight is 437 g/mol. The van der Waals surface area contributed by atoms with E-state index >= 15 is 0 Å². The number of nitrogens with two attached hydrogens (primary N) is 1. The zero-order chi connectivity index (χ0) is 19.9. The van der Waals surface area contributed by atoms with E-state index < -0.39 is 17.6 Å². The number of fused-ring (bicyclic) bond motifs is 3. The molecule has 0 spiro atoms. The summed E-state index contributed by atoms with van der Waals surface area (Å²) >= 11 is 3.28. The molecule has 5 nitrogen and oxygen atoms in total. The molecule has 3 rings (SSSR count). The minimum Gasteiger partial charge on any atom is -0.366 e. The Morgan fingerprint density at radius 3 is 2.48 bits per heavy atom. The lowest BCUT2D eigenvalue weighted by atomic mass is 9.74. The van der Waals surface area contributed by atoms with E-state index in [1.165, 1.54) is 0 Å². The number of H-pyrrole nitrogens is 1. The number of carbonyl (C=O) groups is 3. The number of primary amides is 1. The Kier molecular flexibility index (Phi) is 5.51. The third-order valence-corrected chi connectivity index (χ3v) is 6.30. The molecule has 3 N–H and O–H groups in total. The molecule has 0 fully saturated rings. The molecule has 1 aromatic heterocycles. The highest BCUT2D eigenvalue weighted by Crippen LogP contribution is 2.40. The Morgan fingerprint density at radius 1 is 1.30 bits per heavy atom. The first-order valence-electron chi connectivity index (χ1n) is 9.16. The monoisotopic (exact) mass is 436 g/mol. The fourth-order valence-corrected chi connectivity index (χ4v) is 4.74. The zero-order valence-electron chi connectivity index (χ0n) is 15.3. The summed E-state index contributed by atoms with van der Waals surface area (Å²) in [6, 6.07) is 1.12. The van der Waals surface area contributed by atoms with Crippen molar-refractivity contribution in [1.29, 1.82) is 0 Å². The van der Waals surface area contributed by atoms with Gasteiger partial charge in [-0.1, -0.05) is 13.8 Å². The molecule has 1 aliphatic carbocycles. The maximum Gasteiger partial charge on any atom is 0.250 e. The molecule has 0 saturated heterocycles. The number of Topliss-reactive ketones (excluding diaryl/α,β-unsaturated/α-hetero) is 2. The van der Waals surface area contributed by atoms with Crippen LogP contribution in [0.2, 0.25) is 0 Å². The van der Waals surface area contributed by atoms with Gasteiger partial charge in [-0.15, -0.1) is 0 Å². The van der Waals surface area contributed by atoms with Crippen LogP contribution in [-0.2, 0) is 22.4 Å². The lowest BCUT2D eigenvalue weighted by molar-refractivity contribution is -0.135. The molecule has 1 aliphatic rings. The molecule has 0 saturated carbocycles. The number of rotatable bonds is 6. The molecular weight excluding hydrogens is 415 g/mol. The molecule has 1 amide bonds. The van der Waals surface area contributed by atoms with Crippen molar-refractivity contribution in [3.05, 3.63) is 33.2 Å². The van der Waals surface area contributed by atoms with Crippen LogP contribution in [-0.4, -0.2) is 22.5 Å². The highest BCUT2D eigenvalue weighted by atomic mass is 79.9. The lowest BCUT2D eigenvalue weighted by Crippen LogP contribution is -2.34. The van der Waals surface area contributed by atoms with Crippen LogP contribution in [0.25, 0.3) is 10.9 Å². The summed E-state index contributed by atoms with van der Waals surface area (Å²) < 4.78 is 14.6. The quantitative estimate of drug-likeness (QED) is 0.673. The Bertz CT molecular complexity index is 935. The van der Waals surface area contributed by atoms with Gasteiger partial charge >= 0.3 is 0 Å². The number of carbonyl (C=O) groups excluding carboxylic acids is 3. The van der Waals surface area contributed by atoms with Gasteiger partial charge in [0, 0.05) is 23.9 Å². The van der Waals surface area contributed by atoms with E-state index in [-0.39, 0.29) is 23.0 Å². The third kappa shape index (κ3) is 3.33. The average Bonchev–Trinajstić information content (AvgIpc) is 3.02. The Hall–Kier alpha value is -2.02. The second-order valence-electron chi connectivity index (χ2n) is 7.04. The van der Waals surface area contributed by atoms with E-state index in [2.05, 4.69) is 20.9 Å². The fourth-order valence-electron chi connectivity index (χ4n) is 4.18. The van der Waals surface area contributed by atoms with Gasteiger partial charge in [-0.3, -0.25) is 14.4 Å². The minimum absolute atomic E-state index is 0.0311. The number of hydrogen-bond acceptors (Lipinski definition) is 3. The molecule has 0 aliphatic heterocycles. The van der Waals surface area contributed by atoms with Gasteiger partial charge in [-0.05, 0) is 52.7 Å². The first-order valence-corrected chi connectivity index (χ1v) is 9.95. The van der Waals surface area contributed by atoms with Gasteiger partial charge in [0.05, 0.1) is 21.5 Å². The number of aromatic nitrogens is 1. The lowest BCUT2D eigenvalue weighted by Gasteiger charge is -2.28. The van der Waals surface area contributed by atoms with Crippen molar-refractivity contribution in [3.63, 3.8) is 0 Å². The summed E-state index contributed by atoms with van der Waals surface area (Å²) in [5.74, 6) is -2.00. The van der Waals surface area contributed by atoms with Gasteiger partial charge in [0.25, 0.3) is 5.91 Å². The molecule has 1 heterocycles. The number of amides is 1. The number of aromatic amines is 1. The van der Waals surface area contributed by atoms with Gasteiger partial charge in [0.15, 0.2) is 0 Å². The molecule has 1 unspecified atom stereocenters. The van der Waals surface area contributed by atoms with Gasteiger partial charge in [-0.25, -0.2) is 4.39 Å². The number of benzene rings is 1. The SMILES string of the molecule is CCC(=O)C(C(=O)CC)C1CCc2c([nH]c3c(C(N)=O)cc(F)c(Br)c23)C1. The van der Waals surface area contributed by atoms with Crippen LogP contribution in [0.15, 0.2) is 10.5 Å². The topological polar surface area (TPSA) is 93.0 Å². The van der Waals surface area contributed by atoms with Crippen molar-refractivity contribution in [1.82, 2.24) is 4.98 Å². The summed E-state index contributed by atoms with van der Waals surface area (Å²) in [7, 11) is 0. The largest absolute Gasteiger partial charge is 0.366 e. The number of aryl methyl sites for hydroxylation is 1. The van der Waals surface area contributed by atoms with E-state index in [0.717, 1.165) is 17.3 Å². The smallest absolute Gasteiger partial charge is 0.250 e. The molecule has 7 heteroatoms. The second-order valence-corrected chi connectivity index (χ2v) is 7.83. The summed E-state index contributed by atoms with van der Waals surface area (Å²) in [6.07, 6.45) is 2.43. The van der Waals surface area contributed by atoms with Gasteiger partial charge in [-0.2, -0.15) is 0 Å². The van der Waals surface area contributed by atoms with Crippen molar-refractivity contribution in [3.8, 4) is 0 Å². The van der Waals surface area contributed by atoms with Crippen molar-refractivity contribution < 1.29 is 18.8 Å². The van der Waals surface area contributed by atoms with Crippen LogP contribution in [0.5, 0.6) is 0 Å². The maximum absolute atomic E-state index is 14.3. The standard InChI is InChI=1S/C20H22BrFN2O3/c1-3-14(25)16(15(26)4-2)9-5-6-10-13(7-9)24-19-11(20(23)27)8-12(22)18(21)17(10)19/h8-9,16,24H,3-7H2,1-2H3,(H2,23,27). The van der Waals surface area contributed by atoms with Crippen LogP contribution in [0.3, 0.4) is 0 Å². The molecular formula is C20H22BrFN2O3. The van der Waals surface area contributed by atoms with Crippen LogP contribution in [0.1, 0.15) is 54.7 Å². The van der Waals surface area contributed by atoms with Gasteiger partial charge < -0.3 is 10.7 Å². The predicted octanol–water partition coefficient (Wildman–Crippen LogP) is 3.85. The molecule has 1 aromatic carbocycles. The highest BCUT2D eigenvalue weighted by Gasteiger charge is 2.36. The van der Waals surface area contributed by atoms with Gasteiger partial charge in [0.2, 0.25) is 0 Å². The molecule has 144 valence electrons. The summed E-state index contributed by atoms with van der Waals surface area (Å²) in [6.45, 7) is 3.54. The first-order chi connectivity index (χ1) is 12.8. The van der Waals surface area contributed by atoms with Crippen LogP contribution >= 0.6 is 15.9 Å². The third-order valence-electron chi connectivity index (χ3n) is 5.52. The minimum atomic E-state index is -0.707. The van der Waals surface area contributed by atoms with Crippen LogP contribution < -0.4 is 5.73 Å². The van der Waals surface area contributed by atoms with Gasteiger partial charge in [0.1, 0.15) is 17.4 Å². The maximum atomic E-state index is 14.3. The van der Waals surface area contributed by atoms with Crippen molar-refractivity contribution >= 4 is 44.3 Å². The Balaban J connectivity index is 2.09. The first kappa shape index (κ1) is 19.7. The van der Waals surface area contributed by atoms with E-state index in [9.17, 15) is 18.8 Å². The van der Waals surface area contributed by atoms with Crippen molar-refractivity contribution in [2.45, 2.75) is 46.0 Å². The summed E-state index contributed by atoms with van der Waals surface area (Å²) in [4.78, 5) is 39.7. The Labute approximate surface area is 165 Å². The van der Waals surface area contributed by atoms with E-state index in [1.807, 2.05) is 0 Å². The molecule has 2 aromatic rings. The summed E-state index contributed by atoms with van der Waals surface area (Å²) in [5, 5.41) is 0.623. The van der Waals surface area contributed by atoms with E-state index in [4.69, 9.17) is 5.73 Å². The van der Waals surface area contributed by atoms with Crippen molar-refractivity contribution in [2.24, 2.45) is 17.6 Å². The van der Waals surface area contributed by atoms with E-state index in [1.54, 1.807) is 13.8 Å².